The Hall–Kier alpha value is -1.02. The van der Waals surface area contributed by atoms with E-state index < -0.39 is 22.5 Å². The summed E-state index contributed by atoms with van der Waals surface area (Å²) in [5.41, 5.74) is 0.651. The fraction of sp³-hybridized carbons (Fsp3) is 0.333. The van der Waals surface area contributed by atoms with Gasteiger partial charge in [0.05, 0.1) is 7.11 Å². The number of methoxy groups -OCH3 is 1. The van der Waals surface area contributed by atoms with Gasteiger partial charge >= 0.3 is 0 Å². The topological polar surface area (TPSA) is 62.4 Å². The van der Waals surface area contributed by atoms with Crippen molar-refractivity contribution in [1.29, 1.82) is 0 Å². The highest BCUT2D eigenvalue weighted by molar-refractivity contribution is 7.80. The maximum atomic E-state index is 12.3. The SMILES string of the molecule is COc1ccc(NC(=S)NC(NC(=O)CF)C(Cl)(Cl)Cl)cc1. The second-order valence-corrected chi connectivity index (χ2v) is 6.78. The minimum Gasteiger partial charge on any atom is -0.497 e. The summed E-state index contributed by atoms with van der Waals surface area (Å²) in [6.45, 7) is -1.24. The number of carbonyl (C=O) groups excluding carboxylic acids is 1. The van der Waals surface area contributed by atoms with E-state index >= 15 is 0 Å². The maximum Gasteiger partial charge on any atom is 0.253 e. The Bertz CT molecular complexity index is 525. The van der Waals surface area contributed by atoms with Crippen LogP contribution in [0.15, 0.2) is 24.3 Å². The van der Waals surface area contributed by atoms with Crippen LogP contribution in [-0.4, -0.2) is 34.8 Å². The van der Waals surface area contributed by atoms with Crippen molar-refractivity contribution in [2.45, 2.75) is 9.96 Å². The summed E-state index contributed by atoms with van der Waals surface area (Å²) >= 11 is 22.2. The minimum atomic E-state index is -1.92. The third-order valence-electron chi connectivity index (χ3n) is 2.38. The van der Waals surface area contributed by atoms with E-state index in [1.165, 1.54) is 0 Å². The van der Waals surface area contributed by atoms with Crippen LogP contribution in [0.3, 0.4) is 0 Å². The van der Waals surface area contributed by atoms with Gasteiger partial charge in [-0.3, -0.25) is 4.79 Å². The zero-order valence-electron chi connectivity index (χ0n) is 11.3. The quantitative estimate of drug-likeness (QED) is 0.411. The van der Waals surface area contributed by atoms with Crippen LogP contribution in [0, 0.1) is 0 Å². The van der Waals surface area contributed by atoms with Gasteiger partial charge < -0.3 is 20.7 Å². The molecule has 5 nitrogen and oxygen atoms in total. The first-order valence-corrected chi connectivity index (χ1v) is 7.44. The lowest BCUT2D eigenvalue weighted by Gasteiger charge is -2.27. The highest BCUT2D eigenvalue weighted by Crippen LogP contribution is 2.29. The molecule has 0 fully saturated rings. The Morgan fingerprint density at radius 1 is 1.32 bits per heavy atom. The average Bonchev–Trinajstić information content (AvgIpc) is 2.46. The minimum absolute atomic E-state index is 0.0839. The van der Waals surface area contributed by atoms with Crippen LogP contribution < -0.4 is 20.7 Å². The highest BCUT2D eigenvalue weighted by Gasteiger charge is 2.34. The molecular weight excluding hydrogens is 376 g/mol. The second-order valence-electron chi connectivity index (χ2n) is 4.00. The lowest BCUT2D eigenvalue weighted by Crippen LogP contribution is -2.56. The van der Waals surface area contributed by atoms with Gasteiger partial charge in [0.1, 0.15) is 11.9 Å². The van der Waals surface area contributed by atoms with E-state index in [9.17, 15) is 9.18 Å². The number of rotatable bonds is 5. The second kappa shape index (κ2) is 8.57. The van der Waals surface area contributed by atoms with Gasteiger partial charge in [0.2, 0.25) is 3.79 Å². The Morgan fingerprint density at radius 3 is 2.36 bits per heavy atom. The molecule has 10 heteroatoms. The van der Waals surface area contributed by atoms with Crippen molar-refractivity contribution in [2.75, 3.05) is 19.1 Å². The molecule has 0 bridgehead atoms. The standard InChI is InChI=1S/C12H13Cl3FN3O2S/c1-21-8-4-2-7(3-5-8)17-11(22)19-10(12(13,14)15)18-9(20)6-16/h2-5,10H,6H2,1H3,(H,18,20)(H2,17,19,22). The summed E-state index contributed by atoms with van der Waals surface area (Å²) in [7, 11) is 1.55. The van der Waals surface area contributed by atoms with Gasteiger partial charge in [-0.15, -0.1) is 0 Å². The molecule has 0 aliphatic heterocycles. The summed E-state index contributed by atoms with van der Waals surface area (Å²) in [6.07, 6.45) is -1.20. The smallest absolute Gasteiger partial charge is 0.253 e. The molecule has 22 heavy (non-hydrogen) atoms. The van der Waals surface area contributed by atoms with Crippen molar-refractivity contribution in [3.63, 3.8) is 0 Å². The fourth-order valence-corrected chi connectivity index (χ4v) is 1.93. The van der Waals surface area contributed by atoms with Crippen LogP contribution in [0.25, 0.3) is 0 Å². The number of hydrogen-bond donors (Lipinski definition) is 3. The van der Waals surface area contributed by atoms with E-state index in [1.54, 1.807) is 31.4 Å². The number of nitrogens with one attached hydrogen (secondary N) is 3. The Balaban J connectivity index is 2.67. The Labute approximate surface area is 147 Å². The van der Waals surface area contributed by atoms with Crippen molar-refractivity contribution in [3.05, 3.63) is 24.3 Å². The molecule has 1 atom stereocenters. The molecule has 1 amide bonds. The average molecular weight is 389 g/mol. The molecule has 0 aliphatic rings. The summed E-state index contributed by atoms with van der Waals surface area (Å²) in [5.74, 6) is -0.255. The van der Waals surface area contributed by atoms with Crippen LogP contribution in [0.1, 0.15) is 0 Å². The van der Waals surface area contributed by atoms with E-state index in [-0.39, 0.29) is 5.11 Å². The van der Waals surface area contributed by atoms with Crippen LogP contribution in [0.5, 0.6) is 5.75 Å². The Kier molecular flexibility index (Phi) is 7.41. The number of thiocarbonyl (C=S) groups is 1. The first-order valence-electron chi connectivity index (χ1n) is 5.90. The number of carbonyl (C=O) groups is 1. The van der Waals surface area contributed by atoms with Gasteiger partial charge in [0.25, 0.3) is 5.91 Å². The molecule has 122 valence electrons. The molecule has 1 unspecified atom stereocenters. The van der Waals surface area contributed by atoms with Crippen LogP contribution in [0.4, 0.5) is 10.1 Å². The molecule has 0 saturated heterocycles. The number of ether oxygens (including phenoxy) is 1. The van der Waals surface area contributed by atoms with E-state index in [1.807, 2.05) is 0 Å². The molecule has 0 heterocycles. The van der Waals surface area contributed by atoms with Crippen LogP contribution in [-0.2, 0) is 4.79 Å². The predicted molar refractivity (Wildman–Crippen MR) is 90.5 cm³/mol. The molecule has 0 aliphatic carbocycles. The third kappa shape index (κ3) is 6.39. The van der Waals surface area contributed by atoms with Crippen molar-refractivity contribution in [3.8, 4) is 5.75 Å². The highest BCUT2D eigenvalue weighted by atomic mass is 35.6. The molecule has 3 N–H and O–H groups in total. The van der Waals surface area contributed by atoms with Gasteiger partial charge in [0.15, 0.2) is 11.8 Å². The summed E-state index contributed by atoms with van der Waals surface area (Å²) in [6, 6.07) is 6.89. The molecule has 1 aromatic rings. The first-order chi connectivity index (χ1) is 10.3. The van der Waals surface area contributed by atoms with Crippen LogP contribution >= 0.6 is 47.0 Å². The molecule has 0 spiro atoms. The first kappa shape index (κ1) is 19.0. The molecular formula is C12H13Cl3FN3O2S. The number of amides is 1. The van der Waals surface area contributed by atoms with Gasteiger partial charge in [-0.1, -0.05) is 34.8 Å². The molecule has 1 rings (SSSR count). The largest absolute Gasteiger partial charge is 0.497 e. The van der Waals surface area contributed by atoms with Crippen molar-refractivity contribution < 1.29 is 13.9 Å². The summed E-state index contributed by atoms with van der Waals surface area (Å²) < 4.78 is 15.4. The van der Waals surface area contributed by atoms with Crippen molar-refractivity contribution in [1.82, 2.24) is 10.6 Å². The monoisotopic (exact) mass is 387 g/mol. The van der Waals surface area contributed by atoms with E-state index in [2.05, 4.69) is 16.0 Å². The molecule has 1 aromatic carbocycles. The zero-order chi connectivity index (χ0) is 16.8. The lowest BCUT2D eigenvalue weighted by atomic mass is 10.3. The van der Waals surface area contributed by atoms with E-state index in [0.29, 0.717) is 11.4 Å². The van der Waals surface area contributed by atoms with Gasteiger partial charge in [-0.2, -0.15) is 0 Å². The number of anilines is 1. The van der Waals surface area contributed by atoms with E-state index in [4.69, 9.17) is 51.8 Å². The molecule has 0 saturated carbocycles. The van der Waals surface area contributed by atoms with Crippen molar-refractivity contribution in [2.24, 2.45) is 0 Å². The van der Waals surface area contributed by atoms with Gasteiger partial charge in [-0.05, 0) is 36.5 Å². The predicted octanol–water partition coefficient (Wildman–Crippen LogP) is 2.76. The summed E-state index contributed by atoms with van der Waals surface area (Å²) in [5, 5.41) is 7.68. The molecule has 0 radical (unpaired) electrons. The third-order valence-corrected chi connectivity index (χ3v) is 3.25. The number of alkyl halides is 4. The Morgan fingerprint density at radius 2 is 1.91 bits per heavy atom. The number of benzene rings is 1. The van der Waals surface area contributed by atoms with Crippen molar-refractivity contribution >= 4 is 63.7 Å². The number of hydrogen-bond acceptors (Lipinski definition) is 3. The maximum absolute atomic E-state index is 12.3. The summed E-state index contributed by atoms with van der Waals surface area (Å²) in [4.78, 5) is 11.1. The van der Waals surface area contributed by atoms with Crippen LogP contribution in [0.2, 0.25) is 0 Å². The lowest BCUT2D eigenvalue weighted by molar-refractivity contribution is -0.122. The molecule has 0 aromatic heterocycles. The van der Waals surface area contributed by atoms with Gasteiger partial charge in [0, 0.05) is 5.69 Å². The zero-order valence-corrected chi connectivity index (χ0v) is 14.4. The van der Waals surface area contributed by atoms with Gasteiger partial charge in [-0.25, -0.2) is 4.39 Å². The normalized spacial score (nSPS) is 12.2. The van der Waals surface area contributed by atoms with E-state index in [0.717, 1.165) is 0 Å². The fourth-order valence-electron chi connectivity index (χ4n) is 1.37. The number of halogens is 4.